The molecule has 0 heterocycles. The summed E-state index contributed by atoms with van der Waals surface area (Å²) in [7, 11) is 0. The fourth-order valence-corrected chi connectivity index (χ4v) is 1.22. The van der Waals surface area contributed by atoms with Crippen LogP contribution in [0.1, 0.15) is 12.5 Å². The number of benzene rings is 1. The number of rotatable bonds is 6. The van der Waals surface area contributed by atoms with E-state index < -0.39 is 17.9 Å². The largest absolute Gasteiger partial charge is 0.484 e. The van der Waals surface area contributed by atoms with Crippen LogP contribution in [0.15, 0.2) is 24.3 Å². The van der Waals surface area contributed by atoms with Crippen LogP contribution in [0.25, 0.3) is 0 Å². The number of nitrogens with one attached hydrogen (secondary N) is 1. The summed E-state index contributed by atoms with van der Waals surface area (Å²) in [5.74, 6) is -0.422. The first-order chi connectivity index (χ1) is 8.52. The molecule has 0 fully saturated rings. The molecule has 0 aliphatic carbocycles. The third-order valence-corrected chi connectivity index (χ3v) is 2.33. The Kier molecular flexibility index (Phi) is 5.13. The number of ether oxygens (including phenoxy) is 1. The molecular formula is C12H17N3O3. The van der Waals surface area contributed by atoms with Crippen LogP contribution in [-0.4, -0.2) is 24.5 Å². The second-order valence-corrected chi connectivity index (χ2v) is 3.83. The Hall–Kier alpha value is -2.08. The molecule has 0 aliphatic heterocycles. The van der Waals surface area contributed by atoms with Gasteiger partial charge in [0.1, 0.15) is 11.8 Å². The lowest BCUT2D eigenvalue weighted by atomic mass is 10.2. The topological polar surface area (TPSA) is 107 Å². The molecule has 0 aromatic heterocycles. The first-order valence-electron chi connectivity index (χ1n) is 5.53. The summed E-state index contributed by atoms with van der Waals surface area (Å²) in [5.41, 5.74) is 11.5. The molecule has 0 saturated heterocycles. The molecule has 0 saturated carbocycles. The minimum absolute atomic E-state index is 0.167. The maximum atomic E-state index is 11.4. The first-order valence-corrected chi connectivity index (χ1v) is 5.53. The minimum atomic E-state index is -0.708. The third-order valence-electron chi connectivity index (χ3n) is 2.33. The molecule has 6 heteroatoms. The van der Waals surface area contributed by atoms with E-state index >= 15 is 0 Å². The molecule has 98 valence electrons. The van der Waals surface area contributed by atoms with Crippen molar-refractivity contribution in [1.82, 2.24) is 5.32 Å². The highest BCUT2D eigenvalue weighted by atomic mass is 16.5. The van der Waals surface area contributed by atoms with Gasteiger partial charge in [-0.25, -0.2) is 0 Å². The molecule has 18 heavy (non-hydrogen) atoms. The summed E-state index contributed by atoms with van der Waals surface area (Å²) < 4.78 is 5.24. The number of amides is 2. The van der Waals surface area contributed by atoms with E-state index in [1.165, 1.54) is 6.92 Å². The SMILES string of the molecule is CC(NC(=O)COc1ccc(CN)cc1)C(N)=O. The van der Waals surface area contributed by atoms with E-state index in [4.69, 9.17) is 16.2 Å². The molecule has 0 aliphatic rings. The molecule has 0 radical (unpaired) electrons. The molecular weight excluding hydrogens is 234 g/mol. The van der Waals surface area contributed by atoms with Gasteiger partial charge in [-0.05, 0) is 24.6 Å². The van der Waals surface area contributed by atoms with E-state index in [2.05, 4.69) is 5.32 Å². The Labute approximate surface area is 105 Å². The highest BCUT2D eigenvalue weighted by Gasteiger charge is 2.12. The quantitative estimate of drug-likeness (QED) is 0.634. The molecule has 1 rings (SSSR count). The number of hydrogen-bond acceptors (Lipinski definition) is 4. The van der Waals surface area contributed by atoms with Crippen LogP contribution in [-0.2, 0) is 16.1 Å². The van der Waals surface area contributed by atoms with Gasteiger partial charge in [-0.1, -0.05) is 12.1 Å². The Morgan fingerprint density at radius 3 is 2.44 bits per heavy atom. The average molecular weight is 251 g/mol. The molecule has 1 aromatic carbocycles. The van der Waals surface area contributed by atoms with Crippen LogP contribution < -0.4 is 21.5 Å². The Balaban J connectivity index is 2.40. The van der Waals surface area contributed by atoms with Gasteiger partial charge in [0.25, 0.3) is 5.91 Å². The number of carbonyl (C=O) groups is 2. The molecule has 5 N–H and O–H groups in total. The van der Waals surface area contributed by atoms with Gasteiger partial charge in [0.2, 0.25) is 5.91 Å². The maximum absolute atomic E-state index is 11.4. The van der Waals surface area contributed by atoms with Gasteiger partial charge in [0.15, 0.2) is 6.61 Å². The maximum Gasteiger partial charge on any atom is 0.258 e. The first kappa shape index (κ1) is 14.0. The molecule has 1 aromatic rings. The van der Waals surface area contributed by atoms with Crippen molar-refractivity contribution in [2.45, 2.75) is 19.5 Å². The predicted molar refractivity (Wildman–Crippen MR) is 66.6 cm³/mol. The van der Waals surface area contributed by atoms with E-state index in [-0.39, 0.29) is 6.61 Å². The van der Waals surface area contributed by atoms with E-state index in [1.54, 1.807) is 12.1 Å². The Bertz CT molecular complexity index is 417. The highest BCUT2D eigenvalue weighted by Crippen LogP contribution is 2.11. The monoisotopic (exact) mass is 251 g/mol. The van der Waals surface area contributed by atoms with Gasteiger partial charge in [-0.3, -0.25) is 9.59 Å². The minimum Gasteiger partial charge on any atom is -0.484 e. The van der Waals surface area contributed by atoms with Crippen molar-refractivity contribution in [1.29, 1.82) is 0 Å². The van der Waals surface area contributed by atoms with E-state index in [0.29, 0.717) is 12.3 Å². The van der Waals surface area contributed by atoms with Crippen LogP contribution in [0.3, 0.4) is 0 Å². The van der Waals surface area contributed by atoms with Crippen molar-refractivity contribution in [3.8, 4) is 5.75 Å². The van der Waals surface area contributed by atoms with Crippen molar-refractivity contribution in [2.24, 2.45) is 11.5 Å². The van der Waals surface area contributed by atoms with Gasteiger partial charge >= 0.3 is 0 Å². The Morgan fingerprint density at radius 1 is 1.33 bits per heavy atom. The average Bonchev–Trinajstić information content (AvgIpc) is 2.36. The standard InChI is InChI=1S/C12H17N3O3/c1-8(12(14)17)15-11(16)7-18-10-4-2-9(6-13)3-5-10/h2-5,8H,6-7,13H2,1H3,(H2,14,17)(H,15,16). The predicted octanol–water partition coefficient (Wildman–Crippen LogP) is -0.486. The van der Waals surface area contributed by atoms with E-state index in [1.807, 2.05) is 12.1 Å². The lowest BCUT2D eigenvalue weighted by Gasteiger charge is -2.11. The summed E-state index contributed by atoms with van der Waals surface area (Å²) in [6, 6.07) is 6.39. The third kappa shape index (κ3) is 4.42. The molecule has 6 nitrogen and oxygen atoms in total. The van der Waals surface area contributed by atoms with Crippen LogP contribution in [0.4, 0.5) is 0 Å². The fraction of sp³-hybridized carbons (Fsp3) is 0.333. The van der Waals surface area contributed by atoms with Crippen LogP contribution in [0.5, 0.6) is 5.75 Å². The van der Waals surface area contributed by atoms with Crippen LogP contribution in [0.2, 0.25) is 0 Å². The van der Waals surface area contributed by atoms with Gasteiger partial charge in [-0.2, -0.15) is 0 Å². The molecule has 0 bridgehead atoms. The van der Waals surface area contributed by atoms with Crippen molar-refractivity contribution in [3.63, 3.8) is 0 Å². The van der Waals surface area contributed by atoms with E-state index in [0.717, 1.165) is 5.56 Å². The highest BCUT2D eigenvalue weighted by molar-refractivity contribution is 5.86. The van der Waals surface area contributed by atoms with Crippen molar-refractivity contribution >= 4 is 11.8 Å². The molecule has 1 unspecified atom stereocenters. The number of hydrogen-bond donors (Lipinski definition) is 3. The van der Waals surface area contributed by atoms with Crippen molar-refractivity contribution in [3.05, 3.63) is 29.8 Å². The summed E-state index contributed by atoms with van der Waals surface area (Å²) in [4.78, 5) is 22.1. The fourth-order valence-electron chi connectivity index (χ4n) is 1.22. The lowest BCUT2D eigenvalue weighted by Crippen LogP contribution is -2.44. The molecule has 1 atom stereocenters. The van der Waals surface area contributed by atoms with E-state index in [9.17, 15) is 9.59 Å². The van der Waals surface area contributed by atoms with Gasteiger partial charge in [0.05, 0.1) is 0 Å². The second kappa shape index (κ2) is 6.61. The molecule has 0 spiro atoms. The zero-order chi connectivity index (χ0) is 13.5. The lowest BCUT2D eigenvalue weighted by molar-refractivity contribution is -0.128. The number of primary amides is 1. The number of carbonyl (C=O) groups excluding carboxylic acids is 2. The van der Waals surface area contributed by atoms with Crippen LogP contribution >= 0.6 is 0 Å². The normalized spacial score (nSPS) is 11.7. The Morgan fingerprint density at radius 2 is 1.94 bits per heavy atom. The molecule has 2 amide bonds. The smallest absolute Gasteiger partial charge is 0.258 e. The van der Waals surface area contributed by atoms with Crippen LogP contribution in [0, 0.1) is 0 Å². The zero-order valence-electron chi connectivity index (χ0n) is 10.2. The summed E-state index contributed by atoms with van der Waals surface area (Å²) in [6.45, 7) is 1.80. The summed E-state index contributed by atoms with van der Waals surface area (Å²) in [6.07, 6.45) is 0. The summed E-state index contributed by atoms with van der Waals surface area (Å²) in [5, 5.41) is 2.41. The van der Waals surface area contributed by atoms with Gasteiger partial charge in [-0.15, -0.1) is 0 Å². The van der Waals surface area contributed by atoms with Crippen molar-refractivity contribution in [2.75, 3.05) is 6.61 Å². The van der Waals surface area contributed by atoms with Gasteiger partial charge in [0, 0.05) is 6.54 Å². The summed E-state index contributed by atoms with van der Waals surface area (Å²) >= 11 is 0. The zero-order valence-corrected chi connectivity index (χ0v) is 10.2. The van der Waals surface area contributed by atoms with Gasteiger partial charge < -0.3 is 21.5 Å². The van der Waals surface area contributed by atoms with Crippen molar-refractivity contribution < 1.29 is 14.3 Å². The second-order valence-electron chi connectivity index (χ2n) is 3.83. The number of nitrogens with two attached hydrogens (primary N) is 2.